The minimum absolute atomic E-state index is 0.0000737. The van der Waals surface area contributed by atoms with Crippen molar-refractivity contribution in [2.45, 2.75) is 6.04 Å². The lowest BCUT2D eigenvalue weighted by atomic mass is 10.3. The van der Waals surface area contributed by atoms with Gasteiger partial charge in [0, 0.05) is 12.4 Å². The molecule has 0 fully saturated rings. The van der Waals surface area contributed by atoms with Gasteiger partial charge in [-0.3, -0.25) is 4.98 Å². The molecule has 0 radical (unpaired) electrons. The molecule has 64 valence electrons. The first kappa shape index (κ1) is 8.67. The zero-order chi connectivity index (χ0) is 8.81. The average Bonchev–Trinajstić information content (AvgIpc) is 2.16. The number of nitrogens with zero attached hydrogens (tertiary/aromatic N) is 2. The summed E-state index contributed by atoms with van der Waals surface area (Å²) in [5.41, 5.74) is 0. The monoisotopic (exact) mass is 165 g/mol. The van der Waals surface area contributed by atoms with Gasteiger partial charge in [-0.2, -0.15) is 0 Å². The number of rotatable bonds is 4. The van der Waals surface area contributed by atoms with E-state index in [4.69, 9.17) is 5.11 Å². The number of hydrogen-bond donors (Lipinski definition) is 2. The van der Waals surface area contributed by atoms with Gasteiger partial charge in [0.05, 0.1) is 18.8 Å². The van der Waals surface area contributed by atoms with Crippen LogP contribution in [0.1, 0.15) is 0 Å². The number of aliphatic hydroxyl groups is 1. The number of aromatic nitrogens is 2. The van der Waals surface area contributed by atoms with Crippen LogP contribution in [-0.4, -0.2) is 27.7 Å². The fraction of sp³-hybridized carbons (Fsp3) is 0.250. The van der Waals surface area contributed by atoms with Crippen LogP contribution in [0.2, 0.25) is 0 Å². The van der Waals surface area contributed by atoms with Crippen LogP contribution in [0.4, 0.5) is 5.82 Å². The standard InChI is InChI=1S/C8H11N3O/c1-2-7(6-12)11-8-5-9-3-4-10-8/h2-5,7,12H,1,6H2,(H,10,11). The molecule has 1 aromatic heterocycles. The molecule has 0 spiro atoms. The van der Waals surface area contributed by atoms with E-state index in [0.29, 0.717) is 5.82 Å². The molecule has 12 heavy (non-hydrogen) atoms. The highest BCUT2D eigenvalue weighted by Gasteiger charge is 2.01. The summed E-state index contributed by atoms with van der Waals surface area (Å²) in [4.78, 5) is 7.85. The van der Waals surface area contributed by atoms with Gasteiger partial charge in [-0.1, -0.05) is 6.08 Å². The van der Waals surface area contributed by atoms with Crippen molar-refractivity contribution in [2.75, 3.05) is 11.9 Å². The quantitative estimate of drug-likeness (QED) is 0.635. The molecule has 0 bridgehead atoms. The molecule has 1 atom stereocenters. The van der Waals surface area contributed by atoms with Crippen molar-refractivity contribution >= 4 is 5.82 Å². The molecular formula is C8H11N3O. The number of aliphatic hydroxyl groups excluding tert-OH is 1. The lowest BCUT2D eigenvalue weighted by Crippen LogP contribution is -2.21. The van der Waals surface area contributed by atoms with Crippen molar-refractivity contribution in [2.24, 2.45) is 0 Å². The summed E-state index contributed by atoms with van der Waals surface area (Å²) in [6.07, 6.45) is 6.38. The third-order valence-corrected chi connectivity index (χ3v) is 1.38. The highest BCUT2D eigenvalue weighted by molar-refractivity contribution is 5.32. The minimum atomic E-state index is -0.165. The van der Waals surface area contributed by atoms with E-state index < -0.39 is 0 Å². The first-order valence-corrected chi connectivity index (χ1v) is 3.62. The van der Waals surface area contributed by atoms with Crippen LogP contribution in [0.3, 0.4) is 0 Å². The molecule has 0 aliphatic rings. The number of nitrogens with one attached hydrogen (secondary N) is 1. The van der Waals surface area contributed by atoms with Gasteiger partial charge in [0.15, 0.2) is 0 Å². The molecule has 2 N–H and O–H groups in total. The molecule has 0 saturated carbocycles. The smallest absolute Gasteiger partial charge is 0.145 e. The molecule has 0 saturated heterocycles. The number of hydrogen-bond acceptors (Lipinski definition) is 4. The van der Waals surface area contributed by atoms with E-state index in [9.17, 15) is 0 Å². The molecule has 0 amide bonds. The summed E-state index contributed by atoms with van der Waals surface area (Å²) in [7, 11) is 0. The maximum Gasteiger partial charge on any atom is 0.145 e. The molecule has 1 unspecified atom stereocenters. The van der Waals surface area contributed by atoms with E-state index in [1.54, 1.807) is 24.7 Å². The Morgan fingerprint density at radius 3 is 3.00 bits per heavy atom. The summed E-state index contributed by atoms with van der Waals surface area (Å²) in [6, 6.07) is -0.165. The maximum absolute atomic E-state index is 8.81. The number of anilines is 1. The second-order valence-corrected chi connectivity index (χ2v) is 2.26. The highest BCUT2D eigenvalue weighted by Crippen LogP contribution is 2.00. The van der Waals surface area contributed by atoms with Gasteiger partial charge in [0.1, 0.15) is 5.82 Å². The van der Waals surface area contributed by atoms with Gasteiger partial charge in [0.25, 0.3) is 0 Å². The van der Waals surface area contributed by atoms with E-state index >= 15 is 0 Å². The first-order valence-electron chi connectivity index (χ1n) is 3.62. The van der Waals surface area contributed by atoms with Crippen molar-refractivity contribution < 1.29 is 5.11 Å². The third-order valence-electron chi connectivity index (χ3n) is 1.38. The van der Waals surface area contributed by atoms with E-state index in [-0.39, 0.29) is 12.6 Å². The minimum Gasteiger partial charge on any atom is -0.394 e. The summed E-state index contributed by atoms with van der Waals surface area (Å²) in [6.45, 7) is 3.56. The first-order chi connectivity index (χ1) is 5.86. The van der Waals surface area contributed by atoms with E-state index in [1.165, 1.54) is 0 Å². The predicted octanol–water partition coefficient (Wildman–Crippen LogP) is 0.435. The lowest BCUT2D eigenvalue weighted by molar-refractivity contribution is 0.290. The fourth-order valence-corrected chi connectivity index (χ4v) is 0.743. The normalized spacial score (nSPS) is 12.1. The van der Waals surface area contributed by atoms with Crippen molar-refractivity contribution in [3.05, 3.63) is 31.2 Å². The van der Waals surface area contributed by atoms with Crippen molar-refractivity contribution in [1.82, 2.24) is 9.97 Å². The van der Waals surface area contributed by atoms with Crippen LogP contribution in [0.5, 0.6) is 0 Å². The summed E-state index contributed by atoms with van der Waals surface area (Å²) >= 11 is 0. The molecule has 0 aliphatic carbocycles. The van der Waals surface area contributed by atoms with Crippen LogP contribution in [0, 0.1) is 0 Å². The maximum atomic E-state index is 8.81. The Labute approximate surface area is 71.0 Å². The van der Waals surface area contributed by atoms with E-state index in [0.717, 1.165) is 0 Å². The molecule has 1 rings (SSSR count). The highest BCUT2D eigenvalue weighted by atomic mass is 16.3. The molecule has 1 aromatic rings. The Morgan fingerprint density at radius 1 is 1.67 bits per heavy atom. The SMILES string of the molecule is C=CC(CO)Nc1cnccn1. The van der Waals surface area contributed by atoms with Crippen molar-refractivity contribution in [3.8, 4) is 0 Å². The van der Waals surface area contributed by atoms with Crippen molar-refractivity contribution in [3.63, 3.8) is 0 Å². The third kappa shape index (κ3) is 2.32. The molecule has 4 heteroatoms. The topological polar surface area (TPSA) is 58.0 Å². The van der Waals surface area contributed by atoms with Gasteiger partial charge < -0.3 is 10.4 Å². The Bertz CT molecular complexity index is 237. The van der Waals surface area contributed by atoms with Gasteiger partial charge >= 0.3 is 0 Å². The molecule has 1 heterocycles. The second kappa shape index (κ2) is 4.46. The molecular weight excluding hydrogens is 154 g/mol. The lowest BCUT2D eigenvalue weighted by Gasteiger charge is -2.10. The average molecular weight is 165 g/mol. The Kier molecular flexibility index (Phi) is 3.22. The molecule has 0 aromatic carbocycles. The van der Waals surface area contributed by atoms with Gasteiger partial charge in [-0.05, 0) is 0 Å². The fourth-order valence-electron chi connectivity index (χ4n) is 0.743. The van der Waals surface area contributed by atoms with Gasteiger partial charge in [0.2, 0.25) is 0 Å². The van der Waals surface area contributed by atoms with E-state index in [1.807, 2.05) is 0 Å². The predicted molar refractivity (Wildman–Crippen MR) is 46.7 cm³/mol. The zero-order valence-electron chi connectivity index (χ0n) is 6.64. The van der Waals surface area contributed by atoms with Crippen LogP contribution < -0.4 is 5.32 Å². The Hall–Kier alpha value is -1.42. The van der Waals surface area contributed by atoms with Crippen molar-refractivity contribution in [1.29, 1.82) is 0 Å². The molecule has 4 nitrogen and oxygen atoms in total. The van der Waals surface area contributed by atoms with Gasteiger partial charge in [-0.15, -0.1) is 6.58 Å². The van der Waals surface area contributed by atoms with E-state index in [2.05, 4.69) is 21.9 Å². The van der Waals surface area contributed by atoms with Crippen LogP contribution in [0.15, 0.2) is 31.2 Å². The summed E-state index contributed by atoms with van der Waals surface area (Å²) in [5.74, 6) is 0.636. The Morgan fingerprint density at radius 2 is 2.50 bits per heavy atom. The van der Waals surface area contributed by atoms with Gasteiger partial charge in [-0.25, -0.2) is 4.98 Å². The largest absolute Gasteiger partial charge is 0.394 e. The summed E-state index contributed by atoms with van der Waals surface area (Å²) in [5, 5.41) is 11.7. The second-order valence-electron chi connectivity index (χ2n) is 2.26. The Balaban J connectivity index is 2.56. The summed E-state index contributed by atoms with van der Waals surface area (Å²) < 4.78 is 0. The zero-order valence-corrected chi connectivity index (χ0v) is 6.64. The van der Waals surface area contributed by atoms with Crippen LogP contribution in [0.25, 0.3) is 0 Å². The van der Waals surface area contributed by atoms with Crippen LogP contribution >= 0.6 is 0 Å². The van der Waals surface area contributed by atoms with Crippen LogP contribution in [-0.2, 0) is 0 Å². The molecule has 0 aliphatic heterocycles.